The van der Waals surface area contributed by atoms with Crippen LogP contribution in [0.5, 0.6) is 0 Å². The highest BCUT2D eigenvalue weighted by Gasteiger charge is 2.14. The fourth-order valence-electron chi connectivity index (χ4n) is 1.60. The van der Waals surface area contributed by atoms with Crippen LogP contribution in [0.15, 0.2) is 35.1 Å². The third-order valence-electron chi connectivity index (χ3n) is 2.71. The number of hydrogen-bond donors (Lipinski definition) is 1. The number of amides is 1. The number of carbonyl (C=O) groups excluding carboxylic acids is 2. The number of rotatable bonds is 4. The summed E-state index contributed by atoms with van der Waals surface area (Å²) in [6, 6.07) is 5.98. The Kier molecular flexibility index (Phi) is 5.07. The van der Waals surface area contributed by atoms with E-state index in [1.54, 1.807) is 0 Å². The second-order valence-corrected chi connectivity index (χ2v) is 4.87. The number of aromatic nitrogens is 2. The molecule has 1 amide bonds. The van der Waals surface area contributed by atoms with Crippen molar-refractivity contribution in [2.75, 3.05) is 11.9 Å². The first kappa shape index (κ1) is 16.6. The number of benzene rings is 1. The van der Waals surface area contributed by atoms with E-state index in [2.05, 4.69) is 10.4 Å². The summed E-state index contributed by atoms with van der Waals surface area (Å²) in [4.78, 5) is 34.5. The standard InChI is InChI=1S/C14H11ClFN3O4/c1-19-13(21)5-4-10(18-19)14(22)23-7-12(20)17-11-6-8(15)2-3-9(11)16/h2-6H,7H2,1H3,(H,17,20). The Hall–Kier alpha value is -2.74. The van der Waals surface area contributed by atoms with Crippen LogP contribution < -0.4 is 10.9 Å². The van der Waals surface area contributed by atoms with Gasteiger partial charge in [-0.1, -0.05) is 11.6 Å². The summed E-state index contributed by atoms with van der Waals surface area (Å²) in [6.07, 6.45) is 0. The fourth-order valence-corrected chi connectivity index (χ4v) is 1.77. The van der Waals surface area contributed by atoms with Crippen LogP contribution in [0.25, 0.3) is 0 Å². The van der Waals surface area contributed by atoms with Crippen molar-refractivity contribution in [3.05, 3.63) is 57.2 Å². The van der Waals surface area contributed by atoms with Gasteiger partial charge in [0.1, 0.15) is 5.82 Å². The highest BCUT2D eigenvalue weighted by Crippen LogP contribution is 2.19. The molecule has 23 heavy (non-hydrogen) atoms. The largest absolute Gasteiger partial charge is 0.451 e. The predicted octanol–water partition coefficient (Wildman–Crippen LogP) is 1.37. The molecule has 2 rings (SSSR count). The maximum atomic E-state index is 13.5. The summed E-state index contributed by atoms with van der Waals surface area (Å²) in [5.41, 5.74) is -0.650. The van der Waals surface area contributed by atoms with Gasteiger partial charge in [0.05, 0.1) is 5.69 Å². The van der Waals surface area contributed by atoms with Gasteiger partial charge in [-0.15, -0.1) is 0 Å². The third kappa shape index (κ3) is 4.36. The van der Waals surface area contributed by atoms with E-state index in [1.165, 1.54) is 25.2 Å². The molecular formula is C14H11ClFN3O4. The summed E-state index contributed by atoms with van der Waals surface area (Å²) in [5, 5.41) is 6.15. The lowest BCUT2D eigenvalue weighted by Crippen LogP contribution is -2.24. The number of hydrogen-bond acceptors (Lipinski definition) is 5. The van der Waals surface area contributed by atoms with E-state index in [9.17, 15) is 18.8 Å². The Morgan fingerprint density at radius 1 is 1.35 bits per heavy atom. The van der Waals surface area contributed by atoms with Gasteiger partial charge in [0, 0.05) is 18.1 Å². The summed E-state index contributed by atoms with van der Waals surface area (Å²) < 4.78 is 19.2. The number of halogens is 2. The average molecular weight is 340 g/mol. The van der Waals surface area contributed by atoms with Gasteiger partial charge in [0.2, 0.25) is 0 Å². The molecule has 0 bridgehead atoms. The minimum absolute atomic E-state index is 0.126. The van der Waals surface area contributed by atoms with Crippen molar-refractivity contribution in [3.8, 4) is 0 Å². The van der Waals surface area contributed by atoms with Crippen LogP contribution in [-0.4, -0.2) is 28.3 Å². The number of esters is 1. The monoisotopic (exact) mass is 339 g/mol. The van der Waals surface area contributed by atoms with Gasteiger partial charge in [-0.25, -0.2) is 13.9 Å². The van der Waals surface area contributed by atoms with Gasteiger partial charge in [-0.2, -0.15) is 5.10 Å². The van der Waals surface area contributed by atoms with Crippen LogP contribution in [0, 0.1) is 5.82 Å². The SMILES string of the molecule is Cn1nc(C(=O)OCC(=O)Nc2cc(Cl)ccc2F)ccc1=O. The molecule has 1 N–H and O–H groups in total. The number of nitrogens with one attached hydrogen (secondary N) is 1. The number of nitrogens with zero attached hydrogens (tertiary/aromatic N) is 2. The Labute approximate surface area is 134 Å². The van der Waals surface area contributed by atoms with Gasteiger partial charge in [-0.3, -0.25) is 9.59 Å². The average Bonchev–Trinajstić information content (AvgIpc) is 2.51. The van der Waals surface area contributed by atoms with Crippen molar-refractivity contribution >= 4 is 29.2 Å². The predicted molar refractivity (Wildman–Crippen MR) is 79.8 cm³/mol. The Morgan fingerprint density at radius 2 is 2.09 bits per heavy atom. The lowest BCUT2D eigenvalue weighted by molar-refractivity contribution is -0.119. The first-order valence-electron chi connectivity index (χ1n) is 6.33. The van der Waals surface area contributed by atoms with Crippen molar-refractivity contribution < 1.29 is 18.7 Å². The van der Waals surface area contributed by atoms with Crippen molar-refractivity contribution in [1.82, 2.24) is 9.78 Å². The summed E-state index contributed by atoms with van der Waals surface area (Å²) in [5.74, 6) is -2.31. The zero-order chi connectivity index (χ0) is 17.0. The van der Waals surface area contributed by atoms with E-state index in [1.807, 2.05) is 0 Å². The molecule has 1 aromatic carbocycles. The number of carbonyl (C=O) groups is 2. The molecule has 9 heteroatoms. The third-order valence-corrected chi connectivity index (χ3v) is 2.94. The Balaban J connectivity index is 1.96. The van der Waals surface area contributed by atoms with Gasteiger partial charge in [0.25, 0.3) is 11.5 Å². The van der Waals surface area contributed by atoms with Gasteiger partial charge < -0.3 is 10.1 Å². The second kappa shape index (κ2) is 7.01. The molecule has 0 spiro atoms. The van der Waals surface area contributed by atoms with Crippen LogP contribution in [0.2, 0.25) is 5.02 Å². The summed E-state index contributed by atoms with van der Waals surface area (Å²) in [7, 11) is 1.37. The molecule has 0 fully saturated rings. The smallest absolute Gasteiger partial charge is 0.359 e. The Morgan fingerprint density at radius 3 is 2.78 bits per heavy atom. The Bertz CT molecular complexity index is 822. The van der Waals surface area contributed by atoms with Crippen LogP contribution in [0.4, 0.5) is 10.1 Å². The molecule has 2 aromatic rings. The van der Waals surface area contributed by atoms with E-state index >= 15 is 0 Å². The van der Waals surface area contributed by atoms with Gasteiger partial charge >= 0.3 is 5.97 Å². The van der Waals surface area contributed by atoms with E-state index in [0.29, 0.717) is 0 Å². The van der Waals surface area contributed by atoms with Crippen molar-refractivity contribution in [2.24, 2.45) is 7.05 Å². The molecule has 0 saturated carbocycles. The van der Waals surface area contributed by atoms with Crippen molar-refractivity contribution in [1.29, 1.82) is 0 Å². The molecule has 0 saturated heterocycles. The second-order valence-electron chi connectivity index (χ2n) is 4.43. The fraction of sp³-hybridized carbons (Fsp3) is 0.143. The number of anilines is 1. The minimum Gasteiger partial charge on any atom is -0.451 e. The van der Waals surface area contributed by atoms with Crippen LogP contribution in [0.1, 0.15) is 10.5 Å². The quantitative estimate of drug-likeness (QED) is 0.850. The molecule has 0 aliphatic rings. The maximum Gasteiger partial charge on any atom is 0.359 e. The summed E-state index contributed by atoms with van der Waals surface area (Å²) in [6.45, 7) is -0.644. The first-order chi connectivity index (χ1) is 10.9. The lowest BCUT2D eigenvalue weighted by atomic mass is 10.3. The molecule has 1 aromatic heterocycles. The van der Waals surface area contributed by atoms with E-state index in [-0.39, 0.29) is 16.4 Å². The number of aryl methyl sites for hydroxylation is 1. The molecule has 0 aliphatic carbocycles. The molecule has 1 heterocycles. The number of ether oxygens (including phenoxy) is 1. The maximum absolute atomic E-state index is 13.5. The molecule has 7 nitrogen and oxygen atoms in total. The van der Waals surface area contributed by atoms with Crippen LogP contribution >= 0.6 is 11.6 Å². The van der Waals surface area contributed by atoms with Crippen molar-refractivity contribution in [3.63, 3.8) is 0 Å². The van der Waals surface area contributed by atoms with E-state index in [4.69, 9.17) is 16.3 Å². The van der Waals surface area contributed by atoms with Gasteiger partial charge in [0.15, 0.2) is 12.3 Å². The zero-order valence-corrected chi connectivity index (χ0v) is 12.6. The highest BCUT2D eigenvalue weighted by molar-refractivity contribution is 6.30. The molecule has 0 aliphatic heterocycles. The summed E-state index contributed by atoms with van der Waals surface area (Å²) >= 11 is 5.70. The molecule has 0 radical (unpaired) electrons. The van der Waals surface area contributed by atoms with Crippen molar-refractivity contribution in [2.45, 2.75) is 0 Å². The normalized spacial score (nSPS) is 10.2. The van der Waals surface area contributed by atoms with Crippen LogP contribution in [0.3, 0.4) is 0 Å². The van der Waals surface area contributed by atoms with E-state index < -0.39 is 29.9 Å². The molecule has 120 valence electrons. The minimum atomic E-state index is -0.887. The topological polar surface area (TPSA) is 90.3 Å². The van der Waals surface area contributed by atoms with Crippen LogP contribution in [-0.2, 0) is 16.6 Å². The highest BCUT2D eigenvalue weighted by atomic mass is 35.5. The zero-order valence-electron chi connectivity index (χ0n) is 11.9. The lowest BCUT2D eigenvalue weighted by Gasteiger charge is -2.08. The molecular weight excluding hydrogens is 329 g/mol. The van der Waals surface area contributed by atoms with E-state index in [0.717, 1.165) is 16.8 Å². The first-order valence-corrected chi connectivity index (χ1v) is 6.71. The van der Waals surface area contributed by atoms with Gasteiger partial charge in [-0.05, 0) is 24.3 Å². The molecule has 0 unspecified atom stereocenters. The molecule has 0 atom stereocenters.